The van der Waals surface area contributed by atoms with Crippen LogP contribution in [-0.4, -0.2) is 9.55 Å². The number of hydrogen-bond donors (Lipinski definition) is 0. The smallest absolute Gasteiger partial charge is 0.261 e. The molecule has 0 fully saturated rings. The zero-order valence-electron chi connectivity index (χ0n) is 13.0. The molecule has 0 aliphatic carbocycles. The van der Waals surface area contributed by atoms with Gasteiger partial charge < -0.3 is 0 Å². The molecule has 2 aromatic carbocycles. The summed E-state index contributed by atoms with van der Waals surface area (Å²) < 4.78 is 1.68. The van der Waals surface area contributed by atoms with Crippen LogP contribution in [-0.2, 0) is 6.54 Å². The Bertz CT molecular complexity index is 790. The summed E-state index contributed by atoms with van der Waals surface area (Å²) in [5, 5.41) is 2.85. The second-order valence-corrected chi connectivity index (χ2v) is 5.13. The monoisotopic (exact) mass is 282 g/mol. The maximum absolute atomic E-state index is 12.3. The first kappa shape index (κ1) is 15.2. The van der Waals surface area contributed by atoms with Crippen molar-refractivity contribution >= 4 is 21.7 Å². The second-order valence-electron chi connectivity index (χ2n) is 5.13. The van der Waals surface area contributed by atoms with E-state index in [-0.39, 0.29) is 5.56 Å². The van der Waals surface area contributed by atoms with Crippen LogP contribution in [0.1, 0.15) is 33.6 Å². The first-order valence-electron chi connectivity index (χ1n) is 7.59. The molecule has 0 N–H and O–H groups in total. The van der Waals surface area contributed by atoms with Crippen molar-refractivity contribution in [2.75, 3.05) is 0 Å². The maximum Gasteiger partial charge on any atom is 0.261 e. The van der Waals surface area contributed by atoms with E-state index in [9.17, 15) is 4.79 Å². The number of aryl methyl sites for hydroxylation is 1. The summed E-state index contributed by atoms with van der Waals surface area (Å²) in [7, 11) is 0. The fraction of sp³-hybridized carbons (Fsp3) is 0.333. The van der Waals surface area contributed by atoms with Crippen LogP contribution >= 0.6 is 0 Å². The molecule has 1 heterocycles. The van der Waals surface area contributed by atoms with Gasteiger partial charge in [-0.2, -0.15) is 0 Å². The molecule has 110 valence electrons. The van der Waals surface area contributed by atoms with Crippen molar-refractivity contribution in [2.45, 2.75) is 40.2 Å². The van der Waals surface area contributed by atoms with E-state index in [4.69, 9.17) is 0 Å². The summed E-state index contributed by atoms with van der Waals surface area (Å²) in [6.45, 7) is 7.02. The first-order chi connectivity index (χ1) is 10.2. The summed E-state index contributed by atoms with van der Waals surface area (Å²) in [5.41, 5.74) is 0.845. The molecule has 3 nitrogen and oxygen atoms in total. The molecule has 0 spiro atoms. The highest BCUT2D eigenvalue weighted by Crippen LogP contribution is 2.20. The Hall–Kier alpha value is -2.16. The van der Waals surface area contributed by atoms with Crippen molar-refractivity contribution in [3.63, 3.8) is 0 Å². The third-order valence-corrected chi connectivity index (χ3v) is 3.18. The van der Waals surface area contributed by atoms with E-state index >= 15 is 0 Å². The Morgan fingerprint density at radius 2 is 1.71 bits per heavy atom. The van der Waals surface area contributed by atoms with Gasteiger partial charge in [-0.25, -0.2) is 4.98 Å². The molecule has 0 unspecified atom stereocenters. The fourth-order valence-electron chi connectivity index (χ4n) is 2.30. The minimum absolute atomic E-state index is 0.0487. The van der Waals surface area contributed by atoms with Gasteiger partial charge in [0.05, 0.1) is 17.2 Å². The van der Waals surface area contributed by atoms with Crippen LogP contribution in [0.5, 0.6) is 0 Å². The lowest BCUT2D eigenvalue weighted by molar-refractivity contribution is 0.648. The van der Waals surface area contributed by atoms with Gasteiger partial charge >= 0.3 is 0 Å². The van der Waals surface area contributed by atoms with Crippen LogP contribution in [0.15, 0.2) is 47.5 Å². The van der Waals surface area contributed by atoms with Gasteiger partial charge in [0.25, 0.3) is 5.56 Å². The lowest BCUT2D eigenvalue weighted by atomic mass is 10.1. The Labute approximate surface area is 125 Å². The molecule has 0 saturated heterocycles. The van der Waals surface area contributed by atoms with Crippen molar-refractivity contribution in [2.24, 2.45) is 0 Å². The lowest BCUT2D eigenvalue weighted by Gasteiger charge is -2.06. The van der Waals surface area contributed by atoms with Gasteiger partial charge in [0.2, 0.25) is 0 Å². The molecule has 0 amide bonds. The molecule has 0 atom stereocenters. The number of hydrogen-bond acceptors (Lipinski definition) is 2. The van der Waals surface area contributed by atoms with Gasteiger partial charge in [-0.05, 0) is 17.9 Å². The average molecular weight is 282 g/mol. The molecule has 1 aromatic heterocycles. The summed E-state index contributed by atoms with van der Waals surface area (Å²) in [4.78, 5) is 16.7. The molecular weight excluding hydrogens is 260 g/mol. The largest absolute Gasteiger partial charge is 0.299 e. The normalized spacial score (nSPS) is 10.4. The van der Waals surface area contributed by atoms with Crippen LogP contribution in [0, 0.1) is 0 Å². The van der Waals surface area contributed by atoms with E-state index in [0.29, 0.717) is 11.9 Å². The van der Waals surface area contributed by atoms with Crippen molar-refractivity contribution in [1.82, 2.24) is 9.55 Å². The number of rotatable bonds is 2. The summed E-state index contributed by atoms with van der Waals surface area (Å²) in [6.07, 6.45) is 3.83. The summed E-state index contributed by atoms with van der Waals surface area (Å²) in [6, 6.07) is 11.9. The Kier molecular flexibility index (Phi) is 5.09. The van der Waals surface area contributed by atoms with Crippen molar-refractivity contribution in [3.8, 4) is 0 Å². The molecule has 0 radical (unpaired) electrons. The van der Waals surface area contributed by atoms with E-state index in [1.165, 1.54) is 6.42 Å². The topological polar surface area (TPSA) is 34.9 Å². The quantitative estimate of drug-likeness (QED) is 0.654. The lowest BCUT2D eigenvalue weighted by Crippen LogP contribution is -2.20. The molecule has 0 bridgehead atoms. The number of nitrogens with zero attached hydrogens (tertiary/aromatic N) is 2. The Morgan fingerprint density at radius 1 is 1.00 bits per heavy atom. The van der Waals surface area contributed by atoms with Crippen LogP contribution < -0.4 is 5.56 Å². The van der Waals surface area contributed by atoms with Gasteiger partial charge in [0.15, 0.2) is 0 Å². The predicted molar refractivity (Wildman–Crippen MR) is 89.8 cm³/mol. The van der Waals surface area contributed by atoms with Crippen LogP contribution in [0.3, 0.4) is 0 Å². The molecule has 0 aliphatic heterocycles. The predicted octanol–water partition coefficient (Wildman–Crippen LogP) is 4.38. The van der Waals surface area contributed by atoms with E-state index in [1.54, 1.807) is 10.9 Å². The molecule has 3 heteroatoms. The highest BCUT2D eigenvalue weighted by molar-refractivity contribution is 6.04. The van der Waals surface area contributed by atoms with Crippen molar-refractivity contribution in [1.29, 1.82) is 0 Å². The minimum atomic E-state index is 0.0487. The number of benzene rings is 2. The van der Waals surface area contributed by atoms with Gasteiger partial charge in [-0.1, -0.05) is 57.5 Å². The van der Waals surface area contributed by atoms with Crippen molar-refractivity contribution < 1.29 is 0 Å². The highest BCUT2D eigenvalue weighted by atomic mass is 16.1. The van der Waals surface area contributed by atoms with Gasteiger partial charge in [0, 0.05) is 11.9 Å². The highest BCUT2D eigenvalue weighted by Gasteiger charge is 2.06. The third kappa shape index (κ3) is 3.13. The SMILES string of the molecule is CCC.CCCn1cnc2c(ccc3ccccc32)c1=O. The fourth-order valence-corrected chi connectivity index (χ4v) is 2.30. The van der Waals surface area contributed by atoms with Gasteiger partial charge in [0.1, 0.15) is 0 Å². The van der Waals surface area contributed by atoms with E-state index in [1.807, 2.05) is 36.4 Å². The minimum Gasteiger partial charge on any atom is -0.299 e. The average Bonchev–Trinajstić information content (AvgIpc) is 2.51. The summed E-state index contributed by atoms with van der Waals surface area (Å²) in [5.74, 6) is 0. The molecule has 0 saturated carbocycles. The van der Waals surface area contributed by atoms with Gasteiger partial charge in [-0.3, -0.25) is 9.36 Å². The van der Waals surface area contributed by atoms with E-state index < -0.39 is 0 Å². The van der Waals surface area contributed by atoms with E-state index in [2.05, 4.69) is 25.8 Å². The summed E-state index contributed by atoms with van der Waals surface area (Å²) >= 11 is 0. The van der Waals surface area contributed by atoms with Crippen LogP contribution in [0.4, 0.5) is 0 Å². The zero-order chi connectivity index (χ0) is 15.2. The number of fused-ring (bicyclic) bond motifs is 3. The molecule has 3 rings (SSSR count). The molecule has 0 aliphatic rings. The second kappa shape index (κ2) is 7.02. The standard InChI is InChI=1S/C15H14N2O.C3H8/c1-2-9-17-10-16-14-12-6-4-3-5-11(12)7-8-13(14)15(17)18;1-3-2/h3-8,10H,2,9H2,1H3;3H2,1-2H3. The maximum atomic E-state index is 12.3. The van der Waals surface area contributed by atoms with Crippen LogP contribution in [0.2, 0.25) is 0 Å². The van der Waals surface area contributed by atoms with Gasteiger partial charge in [-0.15, -0.1) is 0 Å². The Morgan fingerprint density at radius 3 is 2.43 bits per heavy atom. The zero-order valence-corrected chi connectivity index (χ0v) is 13.0. The molecule has 3 aromatic rings. The Balaban J connectivity index is 0.000000497. The third-order valence-electron chi connectivity index (χ3n) is 3.18. The molecular formula is C18H22N2O. The van der Waals surface area contributed by atoms with E-state index in [0.717, 1.165) is 22.7 Å². The molecule has 21 heavy (non-hydrogen) atoms. The first-order valence-corrected chi connectivity index (χ1v) is 7.59. The van der Waals surface area contributed by atoms with Crippen LogP contribution in [0.25, 0.3) is 21.7 Å². The van der Waals surface area contributed by atoms with Crippen molar-refractivity contribution in [3.05, 3.63) is 53.1 Å². The number of aromatic nitrogens is 2.